The molecule has 1 fully saturated rings. The Balaban J connectivity index is 1.86. The summed E-state index contributed by atoms with van der Waals surface area (Å²) in [5.41, 5.74) is 1.01. The number of carbonyl (C=O) groups excluding carboxylic acids is 1. The van der Waals surface area contributed by atoms with Crippen LogP contribution >= 0.6 is 23.2 Å². The molecule has 0 unspecified atom stereocenters. The highest BCUT2D eigenvalue weighted by Crippen LogP contribution is 2.27. The van der Waals surface area contributed by atoms with Gasteiger partial charge in [-0.05, 0) is 31.5 Å². The standard InChI is InChI=1S/C15H15Cl2N3O3S/c1-9-4-14(20(19-9)13-2-3-24(22,23)8-13)18-15(21)10-5-11(16)7-12(17)6-10/h4-7,13H,2-3,8H2,1H3,(H,18,21)/t13-/m0/s1. The number of hydrogen-bond acceptors (Lipinski definition) is 4. The van der Waals surface area contributed by atoms with Gasteiger partial charge in [0.2, 0.25) is 0 Å². The van der Waals surface area contributed by atoms with Crippen LogP contribution in [0.2, 0.25) is 10.0 Å². The van der Waals surface area contributed by atoms with Crippen molar-refractivity contribution in [1.29, 1.82) is 0 Å². The number of rotatable bonds is 3. The quantitative estimate of drug-likeness (QED) is 0.876. The number of hydrogen-bond donors (Lipinski definition) is 1. The molecule has 1 aliphatic rings. The summed E-state index contributed by atoms with van der Waals surface area (Å²) in [6.45, 7) is 1.78. The molecule has 0 saturated carbocycles. The van der Waals surface area contributed by atoms with Crippen LogP contribution in [0.4, 0.5) is 5.82 Å². The number of benzene rings is 1. The number of halogens is 2. The Kier molecular flexibility index (Phi) is 4.59. The Morgan fingerprint density at radius 2 is 1.92 bits per heavy atom. The topological polar surface area (TPSA) is 81.1 Å². The van der Waals surface area contributed by atoms with Crippen LogP contribution in [0.15, 0.2) is 24.3 Å². The highest BCUT2D eigenvalue weighted by atomic mass is 35.5. The van der Waals surface area contributed by atoms with E-state index in [2.05, 4.69) is 10.4 Å². The second kappa shape index (κ2) is 6.38. The minimum Gasteiger partial charge on any atom is -0.307 e. The molecule has 1 aromatic carbocycles. The molecular formula is C15H15Cl2N3O3S. The van der Waals surface area contributed by atoms with Crippen LogP contribution in [0.25, 0.3) is 0 Å². The highest BCUT2D eigenvalue weighted by Gasteiger charge is 2.31. The van der Waals surface area contributed by atoms with Crippen molar-refractivity contribution >= 4 is 44.8 Å². The van der Waals surface area contributed by atoms with Gasteiger partial charge in [-0.15, -0.1) is 0 Å². The maximum atomic E-state index is 12.4. The smallest absolute Gasteiger partial charge is 0.256 e. The highest BCUT2D eigenvalue weighted by molar-refractivity contribution is 7.91. The molecule has 2 aromatic rings. The zero-order chi connectivity index (χ0) is 17.5. The number of sulfone groups is 1. The van der Waals surface area contributed by atoms with Crippen LogP contribution in [0.5, 0.6) is 0 Å². The molecule has 0 bridgehead atoms. The zero-order valence-corrected chi connectivity index (χ0v) is 15.1. The Hall–Kier alpha value is -1.57. The van der Waals surface area contributed by atoms with Gasteiger partial charge in [0.1, 0.15) is 5.82 Å². The predicted octanol–water partition coefficient (Wildman–Crippen LogP) is 3.11. The fraction of sp³-hybridized carbons (Fsp3) is 0.333. The molecule has 0 spiro atoms. The van der Waals surface area contributed by atoms with Gasteiger partial charge in [-0.1, -0.05) is 23.2 Å². The van der Waals surface area contributed by atoms with E-state index in [0.29, 0.717) is 33.5 Å². The van der Waals surface area contributed by atoms with Crippen molar-refractivity contribution in [2.24, 2.45) is 0 Å². The number of aryl methyl sites for hydroxylation is 1. The van der Waals surface area contributed by atoms with Gasteiger partial charge in [-0.2, -0.15) is 5.10 Å². The lowest BCUT2D eigenvalue weighted by atomic mass is 10.2. The second-order valence-corrected chi connectivity index (χ2v) is 8.89. The summed E-state index contributed by atoms with van der Waals surface area (Å²) in [4.78, 5) is 12.4. The average molecular weight is 388 g/mol. The lowest BCUT2D eigenvalue weighted by Crippen LogP contribution is -2.19. The Labute approximate surface area is 149 Å². The molecule has 0 radical (unpaired) electrons. The van der Waals surface area contributed by atoms with Crippen molar-refractivity contribution in [1.82, 2.24) is 9.78 Å². The zero-order valence-electron chi connectivity index (χ0n) is 12.8. The predicted molar refractivity (Wildman–Crippen MR) is 93.7 cm³/mol. The van der Waals surface area contributed by atoms with E-state index in [1.54, 1.807) is 17.7 Å². The summed E-state index contributed by atoms with van der Waals surface area (Å²) in [7, 11) is -3.05. The van der Waals surface area contributed by atoms with Gasteiger partial charge in [-0.25, -0.2) is 13.1 Å². The van der Waals surface area contributed by atoms with Crippen molar-refractivity contribution in [3.8, 4) is 0 Å². The van der Waals surface area contributed by atoms with Crippen LogP contribution < -0.4 is 5.32 Å². The van der Waals surface area contributed by atoms with Gasteiger partial charge in [0, 0.05) is 21.7 Å². The SMILES string of the molecule is Cc1cc(NC(=O)c2cc(Cl)cc(Cl)c2)n([C@H]2CCS(=O)(=O)C2)n1. The number of carbonyl (C=O) groups is 1. The van der Waals surface area contributed by atoms with Crippen molar-refractivity contribution < 1.29 is 13.2 Å². The summed E-state index contributed by atoms with van der Waals surface area (Å²) in [6.07, 6.45) is 0.481. The third-order valence-electron chi connectivity index (χ3n) is 3.78. The third-order valence-corrected chi connectivity index (χ3v) is 5.97. The molecule has 0 aliphatic carbocycles. The van der Waals surface area contributed by atoms with E-state index < -0.39 is 9.84 Å². The van der Waals surface area contributed by atoms with E-state index in [1.807, 2.05) is 0 Å². The van der Waals surface area contributed by atoms with Crippen molar-refractivity contribution in [2.75, 3.05) is 16.8 Å². The normalized spacial score (nSPS) is 19.4. The minimum absolute atomic E-state index is 0.0278. The molecule has 9 heteroatoms. The van der Waals surface area contributed by atoms with Crippen LogP contribution in [0, 0.1) is 6.92 Å². The van der Waals surface area contributed by atoms with Crippen molar-refractivity contribution in [3.63, 3.8) is 0 Å². The number of aromatic nitrogens is 2. The average Bonchev–Trinajstić information content (AvgIpc) is 3.00. The largest absolute Gasteiger partial charge is 0.307 e. The summed E-state index contributed by atoms with van der Waals surface area (Å²) in [5.74, 6) is 0.227. The molecule has 1 aromatic heterocycles. The van der Waals surface area contributed by atoms with E-state index in [-0.39, 0.29) is 23.5 Å². The minimum atomic E-state index is -3.05. The second-order valence-electron chi connectivity index (χ2n) is 5.78. The summed E-state index contributed by atoms with van der Waals surface area (Å²) in [6, 6.07) is 5.99. The van der Waals surface area contributed by atoms with Gasteiger partial charge in [-0.3, -0.25) is 4.79 Å². The van der Waals surface area contributed by atoms with Crippen LogP contribution in [-0.2, 0) is 9.84 Å². The Morgan fingerprint density at radius 3 is 2.50 bits per heavy atom. The first-order chi connectivity index (χ1) is 11.2. The molecule has 128 valence electrons. The molecule has 6 nitrogen and oxygen atoms in total. The van der Waals surface area contributed by atoms with E-state index in [0.717, 1.165) is 0 Å². The van der Waals surface area contributed by atoms with E-state index >= 15 is 0 Å². The number of amides is 1. The third kappa shape index (κ3) is 3.74. The number of nitrogens with zero attached hydrogens (tertiary/aromatic N) is 2. The van der Waals surface area contributed by atoms with Crippen molar-refractivity contribution in [3.05, 3.63) is 45.6 Å². The van der Waals surface area contributed by atoms with E-state index in [1.165, 1.54) is 18.2 Å². The van der Waals surface area contributed by atoms with Crippen LogP contribution in [0.1, 0.15) is 28.5 Å². The molecule has 1 aliphatic heterocycles. The van der Waals surface area contributed by atoms with Gasteiger partial charge < -0.3 is 5.32 Å². The molecule has 1 saturated heterocycles. The summed E-state index contributed by atoms with van der Waals surface area (Å²) >= 11 is 11.8. The monoisotopic (exact) mass is 387 g/mol. The van der Waals surface area contributed by atoms with E-state index in [4.69, 9.17) is 23.2 Å². The maximum Gasteiger partial charge on any atom is 0.256 e. The molecule has 2 heterocycles. The fourth-order valence-corrected chi connectivity index (χ4v) is 4.95. The molecule has 3 rings (SSSR count). The lowest BCUT2D eigenvalue weighted by Gasteiger charge is -2.14. The molecular weight excluding hydrogens is 373 g/mol. The van der Waals surface area contributed by atoms with Gasteiger partial charge in [0.15, 0.2) is 9.84 Å². The fourth-order valence-electron chi connectivity index (χ4n) is 2.73. The molecule has 24 heavy (non-hydrogen) atoms. The number of nitrogens with one attached hydrogen (secondary N) is 1. The van der Waals surface area contributed by atoms with Crippen LogP contribution in [0.3, 0.4) is 0 Å². The maximum absolute atomic E-state index is 12.4. The first-order valence-corrected chi connectivity index (χ1v) is 9.85. The number of anilines is 1. The first kappa shape index (κ1) is 17.3. The first-order valence-electron chi connectivity index (χ1n) is 7.27. The van der Waals surface area contributed by atoms with E-state index in [9.17, 15) is 13.2 Å². The van der Waals surface area contributed by atoms with Gasteiger partial charge in [0.25, 0.3) is 5.91 Å². The Bertz CT molecular complexity index is 888. The summed E-state index contributed by atoms with van der Waals surface area (Å²) < 4.78 is 25.0. The van der Waals surface area contributed by atoms with Gasteiger partial charge >= 0.3 is 0 Å². The Morgan fingerprint density at radius 1 is 1.25 bits per heavy atom. The molecule has 1 atom stereocenters. The van der Waals surface area contributed by atoms with Crippen molar-refractivity contribution in [2.45, 2.75) is 19.4 Å². The van der Waals surface area contributed by atoms with Gasteiger partial charge in [0.05, 0.1) is 23.2 Å². The lowest BCUT2D eigenvalue weighted by molar-refractivity contribution is 0.102. The molecule has 1 amide bonds. The van der Waals surface area contributed by atoms with Crippen LogP contribution in [-0.4, -0.2) is 35.6 Å². The molecule has 1 N–H and O–H groups in total. The summed E-state index contributed by atoms with van der Waals surface area (Å²) in [5, 5.41) is 7.80.